The molecule has 9 aromatic carbocycles. The lowest BCUT2D eigenvalue weighted by atomic mass is 9.82. The molecule has 1 aromatic heterocycles. The van der Waals surface area contributed by atoms with E-state index in [4.69, 9.17) is 0 Å². The highest BCUT2D eigenvalue weighted by Gasteiger charge is 2.31. The topological polar surface area (TPSA) is 4.93 Å². The van der Waals surface area contributed by atoms with Crippen molar-refractivity contribution in [2.45, 2.75) is 0 Å². The first-order valence-corrected chi connectivity index (χ1v) is 17.7. The molecule has 0 saturated heterocycles. The summed E-state index contributed by atoms with van der Waals surface area (Å²) in [5.74, 6) is 0. The molecular formula is C50H31N. The van der Waals surface area contributed by atoms with Crippen molar-refractivity contribution in [1.29, 1.82) is 0 Å². The molecule has 51 heavy (non-hydrogen) atoms. The molecule has 1 aliphatic carbocycles. The van der Waals surface area contributed by atoms with Gasteiger partial charge >= 0.3 is 0 Å². The minimum atomic E-state index is 1.17. The van der Waals surface area contributed by atoms with Crippen LogP contribution < -0.4 is 0 Å². The molecule has 236 valence electrons. The van der Waals surface area contributed by atoms with Crippen LogP contribution in [-0.4, -0.2) is 4.57 Å². The van der Waals surface area contributed by atoms with Gasteiger partial charge in [-0.05, 0) is 101 Å². The summed E-state index contributed by atoms with van der Waals surface area (Å²) in [6.07, 6.45) is 0. The van der Waals surface area contributed by atoms with Crippen molar-refractivity contribution < 1.29 is 0 Å². The van der Waals surface area contributed by atoms with Gasteiger partial charge in [0.1, 0.15) is 0 Å². The lowest BCUT2D eigenvalue weighted by Gasteiger charge is -2.20. The van der Waals surface area contributed by atoms with Crippen LogP contribution in [0.1, 0.15) is 0 Å². The molecule has 0 bridgehead atoms. The van der Waals surface area contributed by atoms with Crippen molar-refractivity contribution in [3.8, 4) is 61.3 Å². The van der Waals surface area contributed by atoms with Crippen LogP contribution in [0.5, 0.6) is 0 Å². The normalized spacial score (nSPS) is 11.9. The maximum absolute atomic E-state index is 2.39. The van der Waals surface area contributed by atoms with Crippen LogP contribution in [0.4, 0.5) is 0 Å². The molecule has 1 heteroatoms. The Morgan fingerprint density at radius 1 is 0.255 bits per heavy atom. The third kappa shape index (κ3) is 4.03. The van der Waals surface area contributed by atoms with Gasteiger partial charge in [0.25, 0.3) is 0 Å². The Hall–Kier alpha value is -6.70. The first kappa shape index (κ1) is 28.2. The summed E-state index contributed by atoms with van der Waals surface area (Å²) in [6, 6.07) is 69.1. The van der Waals surface area contributed by atoms with Crippen molar-refractivity contribution in [2.75, 3.05) is 0 Å². The number of nitrogens with zero attached hydrogens (tertiary/aromatic N) is 1. The number of fused-ring (bicyclic) bond motifs is 7. The number of hydrogen-bond acceptors (Lipinski definition) is 0. The Labute approximate surface area is 296 Å². The largest absolute Gasteiger partial charge is 0.309 e. The number of para-hydroxylation sites is 2. The Morgan fingerprint density at radius 2 is 0.706 bits per heavy atom. The lowest BCUT2D eigenvalue weighted by molar-refractivity contribution is 1.18. The van der Waals surface area contributed by atoms with Gasteiger partial charge < -0.3 is 4.57 Å². The zero-order valence-corrected chi connectivity index (χ0v) is 27.8. The average molecular weight is 646 g/mol. The minimum absolute atomic E-state index is 1.17. The van der Waals surface area contributed by atoms with E-state index >= 15 is 0 Å². The van der Waals surface area contributed by atoms with Gasteiger partial charge in [-0.2, -0.15) is 0 Å². The molecular weight excluding hydrogens is 615 g/mol. The zero-order chi connectivity index (χ0) is 33.5. The smallest absolute Gasteiger partial charge is 0.0541 e. The summed E-state index contributed by atoms with van der Waals surface area (Å²) >= 11 is 0. The highest BCUT2D eigenvalue weighted by Crippen LogP contribution is 2.58. The van der Waals surface area contributed by atoms with E-state index in [0.717, 1.165) is 0 Å². The number of hydrogen-bond donors (Lipinski definition) is 0. The fraction of sp³-hybridized carbons (Fsp3) is 0. The van der Waals surface area contributed by atoms with E-state index < -0.39 is 0 Å². The minimum Gasteiger partial charge on any atom is -0.309 e. The molecule has 0 saturated carbocycles. The van der Waals surface area contributed by atoms with Gasteiger partial charge in [0.2, 0.25) is 0 Å². The number of rotatable bonds is 4. The molecule has 0 fully saturated rings. The summed E-state index contributed by atoms with van der Waals surface area (Å²) in [4.78, 5) is 0. The second-order valence-electron chi connectivity index (χ2n) is 13.6. The maximum atomic E-state index is 2.39. The van der Waals surface area contributed by atoms with Gasteiger partial charge in [-0.15, -0.1) is 0 Å². The Bertz CT molecular complexity index is 2840. The van der Waals surface area contributed by atoms with Gasteiger partial charge in [0.15, 0.2) is 0 Å². The highest BCUT2D eigenvalue weighted by molar-refractivity contribution is 6.28. The van der Waals surface area contributed by atoms with Crippen molar-refractivity contribution in [2.24, 2.45) is 0 Å². The summed E-state index contributed by atoms with van der Waals surface area (Å²) in [6.45, 7) is 0. The first-order valence-electron chi connectivity index (χ1n) is 17.7. The zero-order valence-electron chi connectivity index (χ0n) is 27.8. The quantitative estimate of drug-likeness (QED) is 0.179. The molecule has 11 rings (SSSR count). The molecule has 0 atom stereocenters. The molecule has 10 aromatic rings. The molecule has 0 amide bonds. The second kappa shape index (κ2) is 10.9. The Morgan fingerprint density at radius 3 is 1.27 bits per heavy atom. The van der Waals surface area contributed by atoms with Crippen LogP contribution in [0, 0.1) is 0 Å². The van der Waals surface area contributed by atoms with E-state index in [1.807, 2.05) is 0 Å². The van der Waals surface area contributed by atoms with Crippen LogP contribution in [-0.2, 0) is 0 Å². The van der Waals surface area contributed by atoms with Gasteiger partial charge in [-0.25, -0.2) is 0 Å². The van der Waals surface area contributed by atoms with Crippen LogP contribution in [0.3, 0.4) is 0 Å². The fourth-order valence-electron chi connectivity index (χ4n) is 8.85. The van der Waals surface area contributed by atoms with Crippen molar-refractivity contribution >= 4 is 43.4 Å². The molecule has 0 radical (unpaired) electrons. The van der Waals surface area contributed by atoms with Gasteiger partial charge in [0, 0.05) is 16.5 Å². The standard InChI is InChI=1S/C50H31N/c1-3-14-33(15-4-1)46-40-20-7-8-21-41(40)47(34-16-5-2-6-17-34)50-43-31-30-36(39-22-13-23-42(48(39)43)49(46)50)32-26-28-35(29-27-32)51-44-24-11-9-18-37(44)38-19-10-12-25-45(38)51/h1-31H. The molecule has 0 unspecified atom stereocenters. The number of benzene rings is 9. The van der Waals surface area contributed by atoms with Crippen LogP contribution >= 0.6 is 0 Å². The predicted octanol–water partition coefficient (Wildman–Crippen LogP) is 13.7. The SMILES string of the molecule is c1ccc(-c2c3c(c(-c4ccccc4)c4ccccc24)-c2ccc(-c4ccc(-n5c6ccccc6c6ccccc65)cc4)c4cccc-3c24)cc1. The molecule has 0 spiro atoms. The second-order valence-corrected chi connectivity index (χ2v) is 13.6. The van der Waals surface area contributed by atoms with Crippen molar-refractivity contribution in [3.05, 3.63) is 188 Å². The lowest BCUT2D eigenvalue weighted by Crippen LogP contribution is -1.93. The van der Waals surface area contributed by atoms with Crippen molar-refractivity contribution in [1.82, 2.24) is 4.57 Å². The molecule has 0 N–H and O–H groups in total. The first-order chi connectivity index (χ1) is 25.3. The Kier molecular flexibility index (Phi) is 6.02. The monoisotopic (exact) mass is 645 g/mol. The van der Waals surface area contributed by atoms with Crippen LogP contribution in [0.2, 0.25) is 0 Å². The summed E-state index contributed by atoms with van der Waals surface area (Å²) < 4.78 is 2.39. The van der Waals surface area contributed by atoms with E-state index in [-0.39, 0.29) is 0 Å². The van der Waals surface area contributed by atoms with E-state index in [2.05, 4.69) is 193 Å². The molecule has 1 nitrogen and oxygen atoms in total. The van der Waals surface area contributed by atoms with Gasteiger partial charge in [-0.1, -0.05) is 164 Å². The third-order valence-electron chi connectivity index (χ3n) is 10.9. The summed E-state index contributed by atoms with van der Waals surface area (Å²) in [5.41, 5.74) is 16.5. The average Bonchev–Trinajstić information content (AvgIpc) is 3.72. The third-order valence-corrected chi connectivity index (χ3v) is 10.9. The number of aromatic nitrogens is 1. The maximum Gasteiger partial charge on any atom is 0.0541 e. The molecule has 0 aliphatic heterocycles. The predicted molar refractivity (Wildman–Crippen MR) is 217 cm³/mol. The van der Waals surface area contributed by atoms with Crippen LogP contribution in [0.15, 0.2) is 188 Å². The molecule has 1 heterocycles. The Balaban J connectivity index is 1.15. The summed E-state index contributed by atoms with van der Waals surface area (Å²) in [5, 5.41) is 7.75. The molecule has 1 aliphatic rings. The van der Waals surface area contributed by atoms with E-state index in [1.165, 1.54) is 105 Å². The van der Waals surface area contributed by atoms with Crippen molar-refractivity contribution in [3.63, 3.8) is 0 Å². The van der Waals surface area contributed by atoms with Gasteiger partial charge in [-0.3, -0.25) is 0 Å². The summed E-state index contributed by atoms with van der Waals surface area (Å²) in [7, 11) is 0. The van der Waals surface area contributed by atoms with E-state index in [0.29, 0.717) is 0 Å². The van der Waals surface area contributed by atoms with Crippen LogP contribution in [0.25, 0.3) is 105 Å². The van der Waals surface area contributed by atoms with E-state index in [1.54, 1.807) is 0 Å². The van der Waals surface area contributed by atoms with Gasteiger partial charge in [0.05, 0.1) is 11.0 Å². The highest BCUT2D eigenvalue weighted by atomic mass is 15.0. The fourth-order valence-corrected chi connectivity index (χ4v) is 8.85. The van der Waals surface area contributed by atoms with E-state index in [9.17, 15) is 0 Å².